The maximum absolute atomic E-state index is 13.1. The summed E-state index contributed by atoms with van der Waals surface area (Å²) in [5.41, 5.74) is 1.88. The van der Waals surface area contributed by atoms with Crippen molar-refractivity contribution in [2.24, 2.45) is 0 Å². The van der Waals surface area contributed by atoms with E-state index in [1.54, 1.807) is 30.3 Å². The Kier molecular flexibility index (Phi) is 7.81. The Morgan fingerprint density at radius 2 is 1.45 bits per heavy atom. The molecule has 0 aliphatic carbocycles. The molecule has 0 fully saturated rings. The summed E-state index contributed by atoms with van der Waals surface area (Å²) in [5.74, 6) is -0.0613. The van der Waals surface area contributed by atoms with Gasteiger partial charge in [0.2, 0.25) is 0 Å². The lowest BCUT2D eigenvalue weighted by molar-refractivity contribution is -0.116. The Balaban J connectivity index is 0.00000300. The molecule has 3 aromatic carbocycles. The van der Waals surface area contributed by atoms with E-state index in [2.05, 4.69) is 4.83 Å². The van der Waals surface area contributed by atoms with Crippen LogP contribution in [0.1, 0.15) is 12.5 Å². The second kappa shape index (κ2) is 9.89. The summed E-state index contributed by atoms with van der Waals surface area (Å²) in [4.78, 5) is 13.9. The van der Waals surface area contributed by atoms with Crippen LogP contribution in [0.3, 0.4) is 0 Å². The highest BCUT2D eigenvalue weighted by Crippen LogP contribution is 2.27. The van der Waals surface area contributed by atoms with Crippen LogP contribution in [0, 0.1) is 0 Å². The summed E-state index contributed by atoms with van der Waals surface area (Å²) < 4.78 is 26.3. The topological polar surface area (TPSA) is 66.5 Å². The van der Waals surface area contributed by atoms with E-state index in [4.69, 9.17) is 11.6 Å². The SMILES string of the molecule is CC(=O)Cc1ccc(Cl)c(S(=O)(=O)NN(c2ccccc2)c2ccccc2)c1.Cl. The lowest BCUT2D eigenvalue weighted by atomic mass is 10.1. The molecule has 0 aliphatic rings. The van der Waals surface area contributed by atoms with Gasteiger partial charge in [-0.1, -0.05) is 54.1 Å². The van der Waals surface area contributed by atoms with E-state index in [-0.39, 0.29) is 34.5 Å². The minimum Gasteiger partial charge on any atom is -0.300 e. The molecule has 1 N–H and O–H groups in total. The number of Topliss-reactive ketones (excluding diaryl/α,β-unsaturated/α-hetero) is 1. The number of halogens is 2. The predicted molar refractivity (Wildman–Crippen MR) is 118 cm³/mol. The van der Waals surface area contributed by atoms with Crippen molar-refractivity contribution in [3.63, 3.8) is 0 Å². The number of ketones is 1. The number of hydrogen-bond donors (Lipinski definition) is 1. The molecule has 8 heteroatoms. The maximum atomic E-state index is 13.1. The van der Waals surface area contributed by atoms with Gasteiger partial charge in [0.05, 0.1) is 16.4 Å². The zero-order valence-corrected chi connectivity index (χ0v) is 18.0. The number of nitrogens with one attached hydrogen (secondary N) is 1. The van der Waals surface area contributed by atoms with Gasteiger partial charge >= 0.3 is 0 Å². The summed E-state index contributed by atoms with van der Waals surface area (Å²) >= 11 is 6.17. The van der Waals surface area contributed by atoms with Crippen LogP contribution in [0.5, 0.6) is 0 Å². The van der Waals surface area contributed by atoms with Crippen molar-refractivity contribution in [1.82, 2.24) is 4.83 Å². The zero-order chi connectivity index (χ0) is 20.1. The highest BCUT2D eigenvalue weighted by Gasteiger charge is 2.23. The van der Waals surface area contributed by atoms with E-state index in [9.17, 15) is 13.2 Å². The van der Waals surface area contributed by atoms with Crippen LogP contribution in [0.2, 0.25) is 5.02 Å². The second-order valence-corrected chi connectivity index (χ2v) is 8.28. The number of para-hydroxylation sites is 2. The van der Waals surface area contributed by atoms with Crippen molar-refractivity contribution in [3.8, 4) is 0 Å². The Labute approximate surface area is 181 Å². The number of nitrogens with zero attached hydrogens (tertiary/aromatic N) is 1. The van der Waals surface area contributed by atoms with Gasteiger partial charge < -0.3 is 0 Å². The first kappa shape index (κ1) is 22.9. The molecule has 0 spiro atoms. The summed E-state index contributed by atoms with van der Waals surface area (Å²) in [7, 11) is -4.01. The van der Waals surface area contributed by atoms with Crippen molar-refractivity contribution in [1.29, 1.82) is 0 Å². The van der Waals surface area contributed by atoms with E-state index in [0.717, 1.165) is 0 Å². The van der Waals surface area contributed by atoms with Crippen molar-refractivity contribution in [2.75, 3.05) is 5.01 Å². The average Bonchev–Trinajstić information content (AvgIpc) is 2.68. The Morgan fingerprint density at radius 1 is 0.931 bits per heavy atom. The summed E-state index contributed by atoms with van der Waals surface area (Å²) in [6.07, 6.45) is 0.140. The maximum Gasteiger partial charge on any atom is 0.259 e. The Morgan fingerprint density at radius 3 is 1.93 bits per heavy atom. The number of carbonyl (C=O) groups excluding carboxylic acids is 1. The van der Waals surface area contributed by atoms with Crippen LogP contribution in [-0.4, -0.2) is 14.2 Å². The molecular weight excluding hydrogens is 431 g/mol. The fourth-order valence-corrected chi connectivity index (χ4v) is 4.33. The smallest absolute Gasteiger partial charge is 0.259 e. The third kappa shape index (κ3) is 5.81. The molecule has 152 valence electrons. The minimum atomic E-state index is -4.01. The lowest BCUT2D eigenvalue weighted by Gasteiger charge is -2.25. The van der Waals surface area contributed by atoms with Gasteiger partial charge in [0.25, 0.3) is 10.0 Å². The molecule has 0 aromatic heterocycles. The average molecular weight is 451 g/mol. The largest absolute Gasteiger partial charge is 0.300 e. The van der Waals surface area contributed by atoms with E-state index in [0.29, 0.717) is 16.9 Å². The number of carbonyl (C=O) groups is 1. The van der Waals surface area contributed by atoms with Gasteiger partial charge in [-0.2, -0.15) is 0 Å². The van der Waals surface area contributed by atoms with Crippen LogP contribution in [0.4, 0.5) is 11.4 Å². The first-order valence-electron chi connectivity index (χ1n) is 8.57. The van der Waals surface area contributed by atoms with Gasteiger partial charge in [0, 0.05) is 6.42 Å². The molecule has 0 saturated heterocycles. The lowest BCUT2D eigenvalue weighted by Crippen LogP contribution is -2.39. The van der Waals surface area contributed by atoms with Crippen LogP contribution < -0.4 is 9.84 Å². The Hall–Kier alpha value is -2.38. The first-order chi connectivity index (χ1) is 13.4. The normalized spacial score (nSPS) is 10.8. The molecule has 0 atom stereocenters. The van der Waals surface area contributed by atoms with Crippen LogP contribution in [0.25, 0.3) is 0 Å². The van der Waals surface area contributed by atoms with Crippen molar-refractivity contribution in [3.05, 3.63) is 89.4 Å². The van der Waals surface area contributed by atoms with E-state index in [1.807, 2.05) is 36.4 Å². The van der Waals surface area contributed by atoms with Gasteiger partial charge in [0.1, 0.15) is 10.7 Å². The molecule has 3 aromatic rings. The van der Waals surface area contributed by atoms with Crippen molar-refractivity contribution < 1.29 is 13.2 Å². The molecule has 29 heavy (non-hydrogen) atoms. The summed E-state index contributed by atoms with van der Waals surface area (Å²) in [6, 6.07) is 22.7. The van der Waals surface area contributed by atoms with Gasteiger partial charge in [0.15, 0.2) is 0 Å². The molecule has 0 aliphatic heterocycles. The van der Waals surface area contributed by atoms with Crippen LogP contribution >= 0.6 is 24.0 Å². The highest BCUT2D eigenvalue weighted by molar-refractivity contribution is 7.89. The number of hydrogen-bond acceptors (Lipinski definition) is 4. The summed E-state index contributed by atoms with van der Waals surface area (Å²) in [5, 5.41) is 1.56. The second-order valence-electron chi connectivity index (χ2n) is 6.24. The van der Waals surface area contributed by atoms with Gasteiger partial charge in [-0.05, 0) is 48.9 Å². The highest BCUT2D eigenvalue weighted by atomic mass is 35.5. The molecule has 5 nitrogen and oxygen atoms in total. The number of benzene rings is 3. The molecule has 0 bridgehead atoms. The van der Waals surface area contributed by atoms with E-state index in [1.165, 1.54) is 24.1 Å². The monoisotopic (exact) mass is 450 g/mol. The summed E-state index contributed by atoms with van der Waals surface area (Å²) in [6.45, 7) is 1.45. The van der Waals surface area contributed by atoms with E-state index >= 15 is 0 Å². The molecule has 3 rings (SSSR count). The predicted octanol–water partition coefficient (Wildman–Crippen LogP) is 4.92. The third-order valence-corrected chi connectivity index (χ3v) is 5.76. The van der Waals surface area contributed by atoms with Gasteiger partial charge in [-0.15, -0.1) is 17.2 Å². The fraction of sp³-hybridized carbons (Fsp3) is 0.0952. The van der Waals surface area contributed by atoms with Gasteiger partial charge in [-0.3, -0.25) is 9.80 Å². The minimum absolute atomic E-state index is 0. The first-order valence-corrected chi connectivity index (χ1v) is 10.4. The molecule has 0 amide bonds. The molecule has 0 heterocycles. The molecule has 0 unspecified atom stereocenters. The molecular formula is C21H20Cl2N2O3S. The number of anilines is 2. The third-order valence-electron chi connectivity index (χ3n) is 3.98. The molecule has 0 saturated carbocycles. The number of hydrazine groups is 1. The van der Waals surface area contributed by atoms with E-state index < -0.39 is 10.0 Å². The number of sulfonamides is 1. The molecule has 0 radical (unpaired) electrons. The fourth-order valence-electron chi connectivity index (χ4n) is 2.73. The quantitative estimate of drug-likeness (QED) is 0.518. The van der Waals surface area contributed by atoms with Crippen molar-refractivity contribution in [2.45, 2.75) is 18.2 Å². The number of rotatable bonds is 7. The standard InChI is InChI=1S/C21H19ClN2O3S.ClH/c1-16(25)14-17-12-13-20(22)21(15-17)28(26,27)23-24(18-8-4-2-5-9-18)19-10-6-3-7-11-19;/h2-13,15,23H,14H2,1H3;1H. The van der Waals surface area contributed by atoms with Crippen LogP contribution in [0.15, 0.2) is 83.8 Å². The zero-order valence-electron chi connectivity index (χ0n) is 15.6. The van der Waals surface area contributed by atoms with Crippen LogP contribution in [-0.2, 0) is 21.2 Å². The van der Waals surface area contributed by atoms with Gasteiger partial charge in [-0.25, -0.2) is 8.42 Å². The Bertz CT molecular complexity index is 1040. The van der Waals surface area contributed by atoms with Crippen molar-refractivity contribution >= 4 is 51.2 Å².